The second-order valence-corrected chi connectivity index (χ2v) is 8.94. The van der Waals surface area contributed by atoms with Crippen LogP contribution in [0.15, 0.2) is 0 Å². The summed E-state index contributed by atoms with van der Waals surface area (Å²) in [6.45, 7) is 9.82. The molecule has 0 aromatic rings. The van der Waals surface area contributed by atoms with Crippen LogP contribution in [-0.4, -0.2) is 36.6 Å². The van der Waals surface area contributed by atoms with Crippen molar-refractivity contribution in [1.29, 1.82) is 0 Å². The average Bonchev–Trinajstić information content (AvgIpc) is 2.24. The number of nitrogens with one attached hydrogen (secondary N) is 1. The van der Waals surface area contributed by atoms with E-state index in [-0.39, 0.29) is 0 Å². The lowest BCUT2D eigenvalue weighted by Crippen LogP contribution is -2.60. The third-order valence-electron chi connectivity index (χ3n) is 6.37. The van der Waals surface area contributed by atoms with Crippen LogP contribution in [0.2, 0.25) is 0 Å². The molecule has 2 nitrogen and oxygen atoms in total. The monoisotopic (exact) mass is 262 g/mol. The Hall–Kier alpha value is -0.0800. The van der Waals surface area contributed by atoms with Crippen LogP contribution in [0, 0.1) is 23.2 Å². The van der Waals surface area contributed by atoms with Gasteiger partial charge in [-0.25, -0.2) is 0 Å². The molecule has 1 aliphatic heterocycles. The van der Waals surface area contributed by atoms with Crippen molar-refractivity contribution < 1.29 is 0 Å². The maximum atomic E-state index is 3.65. The minimum Gasteiger partial charge on any atom is -0.309 e. The predicted molar refractivity (Wildman–Crippen MR) is 79.1 cm³/mol. The van der Waals surface area contributed by atoms with Crippen LogP contribution < -0.4 is 5.32 Å². The Balaban J connectivity index is 1.47. The third kappa shape index (κ3) is 2.35. The Morgan fingerprint density at radius 2 is 1.58 bits per heavy atom. The van der Waals surface area contributed by atoms with Gasteiger partial charge in [0.15, 0.2) is 0 Å². The highest BCUT2D eigenvalue weighted by Gasteiger charge is 2.51. The molecular weight excluding hydrogens is 232 g/mol. The molecule has 0 radical (unpaired) electrons. The normalized spacial score (nSPS) is 48.6. The average molecular weight is 262 g/mol. The first-order valence-corrected chi connectivity index (χ1v) is 8.49. The van der Waals surface area contributed by atoms with Gasteiger partial charge in [0.25, 0.3) is 0 Å². The molecule has 5 aliphatic rings. The van der Waals surface area contributed by atoms with Crippen molar-refractivity contribution in [2.24, 2.45) is 23.2 Å². The van der Waals surface area contributed by atoms with E-state index in [1.54, 1.807) is 38.5 Å². The highest BCUT2D eigenvalue weighted by molar-refractivity contribution is 5.03. The largest absolute Gasteiger partial charge is 0.309 e. The van der Waals surface area contributed by atoms with E-state index < -0.39 is 0 Å². The highest BCUT2D eigenvalue weighted by atomic mass is 15.2. The number of hydrogen-bond donors (Lipinski definition) is 1. The second kappa shape index (κ2) is 4.21. The topological polar surface area (TPSA) is 15.3 Å². The first-order chi connectivity index (χ1) is 9.02. The smallest absolute Gasteiger partial charge is 0.0252 e. The Kier molecular flexibility index (Phi) is 2.80. The number of piperazine rings is 1. The molecule has 1 heterocycles. The molecule has 5 rings (SSSR count). The van der Waals surface area contributed by atoms with Gasteiger partial charge in [-0.1, -0.05) is 0 Å². The van der Waals surface area contributed by atoms with Gasteiger partial charge < -0.3 is 5.32 Å². The van der Waals surface area contributed by atoms with E-state index in [2.05, 4.69) is 24.1 Å². The molecule has 4 saturated carbocycles. The Bertz CT molecular complexity index is 325. The molecule has 0 aromatic carbocycles. The van der Waals surface area contributed by atoms with E-state index in [0.717, 1.165) is 23.2 Å². The van der Waals surface area contributed by atoms with E-state index in [0.29, 0.717) is 5.54 Å². The zero-order valence-electron chi connectivity index (χ0n) is 12.8. The molecule has 1 N–H and O–H groups in total. The van der Waals surface area contributed by atoms with Crippen LogP contribution in [0.1, 0.15) is 52.4 Å². The molecule has 0 amide bonds. The van der Waals surface area contributed by atoms with Crippen LogP contribution in [0.4, 0.5) is 0 Å². The third-order valence-corrected chi connectivity index (χ3v) is 6.37. The maximum Gasteiger partial charge on any atom is 0.0252 e. The quantitative estimate of drug-likeness (QED) is 0.823. The van der Waals surface area contributed by atoms with Gasteiger partial charge >= 0.3 is 0 Å². The highest BCUT2D eigenvalue weighted by Crippen LogP contribution is 2.60. The van der Waals surface area contributed by atoms with E-state index in [4.69, 9.17) is 0 Å². The first kappa shape index (κ1) is 12.6. The second-order valence-electron chi connectivity index (χ2n) is 8.94. The van der Waals surface area contributed by atoms with E-state index in [1.165, 1.54) is 26.2 Å². The Morgan fingerprint density at radius 1 is 1.00 bits per heavy atom. The van der Waals surface area contributed by atoms with Gasteiger partial charge in [0.05, 0.1) is 0 Å². The number of nitrogens with zero attached hydrogens (tertiary/aromatic N) is 1. The SMILES string of the molecule is CC1(C)CN(CC23CC4CC(CC(C4)C2)C3)CCN1. The fourth-order valence-corrected chi connectivity index (χ4v) is 6.34. The Morgan fingerprint density at radius 3 is 2.11 bits per heavy atom. The Labute approximate surface area is 118 Å². The van der Waals surface area contributed by atoms with E-state index in [9.17, 15) is 0 Å². The number of rotatable bonds is 2. The summed E-state index contributed by atoms with van der Waals surface area (Å²) < 4.78 is 0. The molecule has 0 aromatic heterocycles. The van der Waals surface area contributed by atoms with Gasteiger partial charge in [0.1, 0.15) is 0 Å². The fourth-order valence-electron chi connectivity index (χ4n) is 6.34. The van der Waals surface area contributed by atoms with Crippen LogP contribution in [-0.2, 0) is 0 Å². The standard InChI is InChI=1S/C17H30N2/c1-16(2)11-19(4-3-18-16)12-17-8-13-5-14(9-17)7-15(6-13)10-17/h13-15,18H,3-12H2,1-2H3. The van der Waals surface area contributed by atoms with Crippen molar-refractivity contribution in [3.8, 4) is 0 Å². The molecule has 0 atom stereocenters. The molecular formula is C17H30N2. The van der Waals surface area contributed by atoms with Gasteiger partial charge in [0.2, 0.25) is 0 Å². The van der Waals surface area contributed by atoms with Crippen molar-refractivity contribution in [1.82, 2.24) is 10.2 Å². The van der Waals surface area contributed by atoms with Gasteiger partial charge in [-0.2, -0.15) is 0 Å². The molecule has 0 unspecified atom stereocenters. The van der Waals surface area contributed by atoms with Crippen molar-refractivity contribution in [2.75, 3.05) is 26.2 Å². The minimum atomic E-state index is 0.320. The lowest BCUT2D eigenvalue weighted by Gasteiger charge is -2.58. The summed E-state index contributed by atoms with van der Waals surface area (Å²) in [7, 11) is 0. The summed E-state index contributed by atoms with van der Waals surface area (Å²) in [6, 6.07) is 0. The summed E-state index contributed by atoms with van der Waals surface area (Å²) in [5.74, 6) is 3.30. The van der Waals surface area contributed by atoms with Gasteiger partial charge in [0, 0.05) is 31.7 Å². The predicted octanol–water partition coefficient (Wildman–Crippen LogP) is 2.89. The molecule has 108 valence electrons. The lowest BCUT2D eigenvalue weighted by molar-refractivity contribution is -0.0738. The van der Waals surface area contributed by atoms with Gasteiger partial charge in [-0.05, 0) is 75.5 Å². The lowest BCUT2D eigenvalue weighted by atomic mass is 9.49. The van der Waals surface area contributed by atoms with Crippen LogP contribution >= 0.6 is 0 Å². The van der Waals surface area contributed by atoms with E-state index >= 15 is 0 Å². The van der Waals surface area contributed by atoms with Gasteiger partial charge in [-0.3, -0.25) is 4.90 Å². The summed E-state index contributed by atoms with van der Waals surface area (Å²) in [6.07, 6.45) is 9.40. The molecule has 2 heteroatoms. The summed E-state index contributed by atoms with van der Waals surface area (Å²) in [5, 5.41) is 3.65. The zero-order chi connectivity index (χ0) is 13.1. The molecule has 4 bridgehead atoms. The number of hydrogen-bond acceptors (Lipinski definition) is 2. The van der Waals surface area contributed by atoms with Crippen molar-refractivity contribution in [3.05, 3.63) is 0 Å². The van der Waals surface area contributed by atoms with Crippen LogP contribution in [0.5, 0.6) is 0 Å². The first-order valence-electron chi connectivity index (χ1n) is 8.49. The van der Waals surface area contributed by atoms with Crippen molar-refractivity contribution >= 4 is 0 Å². The zero-order valence-corrected chi connectivity index (χ0v) is 12.8. The van der Waals surface area contributed by atoms with Crippen LogP contribution in [0.25, 0.3) is 0 Å². The minimum absolute atomic E-state index is 0.320. The fraction of sp³-hybridized carbons (Fsp3) is 1.00. The summed E-state index contributed by atoms with van der Waals surface area (Å²) >= 11 is 0. The molecule has 0 spiro atoms. The van der Waals surface area contributed by atoms with Crippen LogP contribution in [0.3, 0.4) is 0 Å². The van der Waals surface area contributed by atoms with Crippen molar-refractivity contribution in [2.45, 2.75) is 57.9 Å². The summed E-state index contributed by atoms with van der Waals surface area (Å²) in [4.78, 5) is 2.78. The molecule has 5 fully saturated rings. The summed E-state index contributed by atoms with van der Waals surface area (Å²) in [5.41, 5.74) is 1.04. The van der Waals surface area contributed by atoms with Gasteiger partial charge in [-0.15, -0.1) is 0 Å². The molecule has 19 heavy (non-hydrogen) atoms. The molecule has 4 aliphatic carbocycles. The maximum absolute atomic E-state index is 3.65. The van der Waals surface area contributed by atoms with Crippen molar-refractivity contribution in [3.63, 3.8) is 0 Å². The molecule has 1 saturated heterocycles. The van der Waals surface area contributed by atoms with E-state index in [1.807, 2.05) is 0 Å².